The molecular formula is C13H18BrNO2. The minimum absolute atomic E-state index is 0.385. The third-order valence-corrected chi connectivity index (χ3v) is 4.11. The summed E-state index contributed by atoms with van der Waals surface area (Å²) < 4.78 is 2.71. The first-order valence-electron chi connectivity index (χ1n) is 6.15. The third-order valence-electron chi connectivity index (χ3n) is 3.67. The summed E-state index contributed by atoms with van der Waals surface area (Å²) in [4.78, 5) is 11.1. The van der Waals surface area contributed by atoms with Gasteiger partial charge in [0.05, 0.1) is 0 Å². The number of hydrogen-bond donors (Lipinski definition) is 1. The van der Waals surface area contributed by atoms with Crippen molar-refractivity contribution < 1.29 is 9.90 Å². The van der Waals surface area contributed by atoms with Crippen LogP contribution in [-0.2, 0) is 6.54 Å². The number of nitrogens with zero attached hydrogens (tertiary/aromatic N) is 1. The van der Waals surface area contributed by atoms with E-state index in [1.165, 1.54) is 25.7 Å². The lowest BCUT2D eigenvalue weighted by atomic mass is 9.83. The molecule has 94 valence electrons. The van der Waals surface area contributed by atoms with Crippen LogP contribution in [0.15, 0.2) is 16.7 Å². The van der Waals surface area contributed by atoms with E-state index in [9.17, 15) is 4.79 Å². The molecule has 17 heavy (non-hydrogen) atoms. The monoisotopic (exact) mass is 299 g/mol. The molecule has 1 saturated carbocycles. The number of carboxylic acid groups (broad SMARTS) is 1. The topological polar surface area (TPSA) is 42.2 Å². The summed E-state index contributed by atoms with van der Waals surface area (Å²) in [6, 6.07) is 1.67. The Kier molecular flexibility index (Phi) is 3.92. The third kappa shape index (κ3) is 3.12. The van der Waals surface area contributed by atoms with Crippen LogP contribution in [0.1, 0.15) is 43.1 Å². The number of aromatic carboxylic acids is 1. The molecule has 0 aromatic carbocycles. The van der Waals surface area contributed by atoms with E-state index in [1.54, 1.807) is 6.07 Å². The van der Waals surface area contributed by atoms with Crippen molar-refractivity contribution in [2.24, 2.45) is 11.8 Å². The van der Waals surface area contributed by atoms with E-state index in [4.69, 9.17) is 5.11 Å². The van der Waals surface area contributed by atoms with E-state index < -0.39 is 5.97 Å². The first-order valence-corrected chi connectivity index (χ1v) is 6.94. The maximum Gasteiger partial charge on any atom is 0.352 e. The van der Waals surface area contributed by atoms with Gasteiger partial charge in [-0.15, -0.1) is 0 Å². The van der Waals surface area contributed by atoms with Gasteiger partial charge < -0.3 is 9.67 Å². The fraction of sp³-hybridized carbons (Fsp3) is 0.615. The Bertz CT molecular complexity index is 406. The zero-order valence-electron chi connectivity index (χ0n) is 10.0. The van der Waals surface area contributed by atoms with Crippen LogP contribution < -0.4 is 0 Å². The van der Waals surface area contributed by atoms with Gasteiger partial charge in [0.25, 0.3) is 0 Å². The van der Waals surface area contributed by atoms with Gasteiger partial charge in [0.15, 0.2) is 0 Å². The van der Waals surface area contributed by atoms with Crippen LogP contribution in [0.3, 0.4) is 0 Å². The molecule has 1 N–H and O–H groups in total. The van der Waals surface area contributed by atoms with Crippen molar-refractivity contribution in [1.82, 2.24) is 4.57 Å². The van der Waals surface area contributed by atoms with Crippen LogP contribution in [0, 0.1) is 11.8 Å². The van der Waals surface area contributed by atoms with Gasteiger partial charge in [-0.3, -0.25) is 0 Å². The van der Waals surface area contributed by atoms with E-state index >= 15 is 0 Å². The van der Waals surface area contributed by atoms with Crippen LogP contribution in [0.4, 0.5) is 0 Å². The zero-order valence-corrected chi connectivity index (χ0v) is 11.6. The highest BCUT2D eigenvalue weighted by Crippen LogP contribution is 2.30. The van der Waals surface area contributed by atoms with Gasteiger partial charge in [0.1, 0.15) is 5.69 Å². The largest absolute Gasteiger partial charge is 0.477 e. The summed E-state index contributed by atoms with van der Waals surface area (Å²) >= 11 is 3.34. The molecule has 1 aliphatic rings. The fourth-order valence-electron chi connectivity index (χ4n) is 2.59. The lowest BCUT2D eigenvalue weighted by Gasteiger charge is -2.26. The lowest BCUT2D eigenvalue weighted by molar-refractivity contribution is 0.0683. The first kappa shape index (κ1) is 12.7. The van der Waals surface area contributed by atoms with Gasteiger partial charge >= 0.3 is 5.97 Å². The van der Waals surface area contributed by atoms with Gasteiger partial charge in [-0.25, -0.2) is 4.79 Å². The van der Waals surface area contributed by atoms with Crippen LogP contribution in [0.5, 0.6) is 0 Å². The number of aromatic nitrogens is 1. The van der Waals surface area contributed by atoms with E-state index in [1.807, 2.05) is 10.8 Å². The lowest BCUT2D eigenvalue weighted by Crippen LogP contribution is -2.19. The summed E-state index contributed by atoms with van der Waals surface area (Å²) in [6.45, 7) is 3.13. The Labute approximate surface area is 110 Å². The summed E-state index contributed by atoms with van der Waals surface area (Å²) in [5.41, 5.74) is 0.385. The average Bonchev–Trinajstić information content (AvgIpc) is 2.63. The van der Waals surface area contributed by atoms with Crippen LogP contribution in [0.25, 0.3) is 0 Å². The molecule has 0 amide bonds. The summed E-state index contributed by atoms with van der Waals surface area (Å²) in [6.07, 6.45) is 6.86. The minimum Gasteiger partial charge on any atom is -0.477 e. The molecule has 4 heteroatoms. The quantitative estimate of drug-likeness (QED) is 0.923. The van der Waals surface area contributed by atoms with Gasteiger partial charge in [-0.2, -0.15) is 0 Å². The molecular weight excluding hydrogens is 282 g/mol. The fourth-order valence-corrected chi connectivity index (χ4v) is 3.06. The molecule has 1 aromatic heterocycles. The van der Waals surface area contributed by atoms with E-state index in [0.717, 1.165) is 16.9 Å². The number of halogens is 1. The normalized spacial score (nSPS) is 24.8. The second-order valence-electron chi connectivity index (χ2n) is 5.13. The minimum atomic E-state index is -0.847. The van der Waals surface area contributed by atoms with Crippen molar-refractivity contribution in [2.45, 2.75) is 39.2 Å². The van der Waals surface area contributed by atoms with Crippen molar-refractivity contribution in [1.29, 1.82) is 0 Å². The molecule has 1 heterocycles. The van der Waals surface area contributed by atoms with Crippen molar-refractivity contribution in [3.05, 3.63) is 22.4 Å². The smallest absolute Gasteiger partial charge is 0.352 e. The molecule has 0 atom stereocenters. The van der Waals surface area contributed by atoms with Gasteiger partial charge in [-0.05, 0) is 46.7 Å². The summed E-state index contributed by atoms with van der Waals surface area (Å²) in [5, 5.41) is 9.11. The maximum atomic E-state index is 11.1. The molecule has 0 aliphatic heterocycles. The zero-order chi connectivity index (χ0) is 12.4. The molecule has 0 saturated heterocycles. The molecule has 2 rings (SSSR count). The Balaban J connectivity index is 2.05. The predicted molar refractivity (Wildman–Crippen MR) is 70.2 cm³/mol. The standard InChI is InChI=1S/C13H18BrNO2/c1-9-2-4-10(5-3-9)7-15-8-11(14)6-12(15)13(16)17/h6,8-10H,2-5,7H2,1H3,(H,16,17). The Morgan fingerprint density at radius 1 is 1.47 bits per heavy atom. The van der Waals surface area contributed by atoms with Gasteiger partial charge in [0, 0.05) is 17.2 Å². The Hall–Kier alpha value is -0.770. The number of hydrogen-bond acceptors (Lipinski definition) is 1. The Morgan fingerprint density at radius 2 is 2.12 bits per heavy atom. The van der Waals surface area contributed by atoms with E-state index in [-0.39, 0.29) is 0 Å². The predicted octanol–water partition coefficient (Wildman–Crippen LogP) is 3.78. The highest BCUT2D eigenvalue weighted by molar-refractivity contribution is 9.10. The van der Waals surface area contributed by atoms with Crippen molar-refractivity contribution in [2.75, 3.05) is 0 Å². The highest BCUT2D eigenvalue weighted by atomic mass is 79.9. The Morgan fingerprint density at radius 3 is 2.71 bits per heavy atom. The second-order valence-corrected chi connectivity index (χ2v) is 6.04. The molecule has 0 unspecified atom stereocenters. The van der Waals surface area contributed by atoms with Crippen molar-refractivity contribution in [3.8, 4) is 0 Å². The number of rotatable bonds is 3. The molecule has 0 radical (unpaired) electrons. The summed E-state index contributed by atoms with van der Waals surface area (Å²) in [5.74, 6) is 0.616. The average molecular weight is 300 g/mol. The van der Waals surface area contributed by atoms with Gasteiger partial charge in [0.2, 0.25) is 0 Å². The second kappa shape index (κ2) is 5.25. The van der Waals surface area contributed by atoms with Crippen molar-refractivity contribution >= 4 is 21.9 Å². The molecule has 0 bridgehead atoms. The highest BCUT2D eigenvalue weighted by Gasteiger charge is 2.20. The number of carboxylic acids is 1. The molecule has 3 nitrogen and oxygen atoms in total. The van der Waals surface area contributed by atoms with Crippen LogP contribution in [0.2, 0.25) is 0 Å². The molecule has 1 aromatic rings. The maximum absolute atomic E-state index is 11.1. The molecule has 1 aliphatic carbocycles. The van der Waals surface area contributed by atoms with E-state index in [0.29, 0.717) is 11.6 Å². The van der Waals surface area contributed by atoms with Crippen LogP contribution in [-0.4, -0.2) is 15.6 Å². The van der Waals surface area contributed by atoms with Gasteiger partial charge in [-0.1, -0.05) is 19.8 Å². The molecule has 1 fully saturated rings. The number of carbonyl (C=O) groups is 1. The first-order chi connectivity index (χ1) is 8.06. The summed E-state index contributed by atoms with van der Waals surface area (Å²) in [7, 11) is 0. The van der Waals surface area contributed by atoms with E-state index in [2.05, 4.69) is 22.9 Å². The van der Waals surface area contributed by atoms with Crippen LogP contribution >= 0.6 is 15.9 Å². The molecule has 0 spiro atoms. The van der Waals surface area contributed by atoms with Crippen molar-refractivity contribution in [3.63, 3.8) is 0 Å². The SMILES string of the molecule is CC1CCC(Cn2cc(Br)cc2C(=O)O)CC1.